The molecule has 3 aliphatic rings. The van der Waals surface area contributed by atoms with Crippen molar-refractivity contribution in [3.63, 3.8) is 0 Å². The van der Waals surface area contributed by atoms with Crippen molar-refractivity contribution in [3.05, 3.63) is 0 Å². The number of hydrogen-bond acceptors (Lipinski definition) is 3. The second-order valence-corrected chi connectivity index (χ2v) is 7.39. The van der Waals surface area contributed by atoms with Crippen LogP contribution in [-0.4, -0.2) is 49.1 Å². The van der Waals surface area contributed by atoms with Crippen LogP contribution in [-0.2, 0) is 4.79 Å². The predicted molar refractivity (Wildman–Crippen MR) is 95.1 cm³/mol. The lowest BCUT2D eigenvalue weighted by molar-refractivity contribution is -0.132. The quantitative estimate of drug-likeness (QED) is 0.802. The van der Waals surface area contributed by atoms with Crippen molar-refractivity contribution in [1.82, 2.24) is 15.5 Å². The van der Waals surface area contributed by atoms with Crippen LogP contribution in [0.25, 0.3) is 0 Å². The van der Waals surface area contributed by atoms with Crippen LogP contribution in [0.5, 0.6) is 0 Å². The number of fused-ring (bicyclic) bond motifs is 2. The third-order valence-corrected chi connectivity index (χ3v) is 5.82. The molecule has 3 atom stereocenters. The number of nitrogens with one attached hydrogen (secondary N) is 2. The molecule has 3 rings (SSSR count). The van der Waals surface area contributed by atoms with E-state index in [1.165, 1.54) is 19.3 Å². The van der Waals surface area contributed by atoms with E-state index in [0.29, 0.717) is 18.1 Å². The molecule has 0 aromatic heterocycles. The maximum Gasteiger partial charge on any atom is 0.227 e. The van der Waals surface area contributed by atoms with Gasteiger partial charge in [0.1, 0.15) is 0 Å². The fourth-order valence-corrected chi connectivity index (χ4v) is 4.34. The van der Waals surface area contributed by atoms with Gasteiger partial charge in [0.05, 0.1) is 5.41 Å². The third-order valence-electron chi connectivity index (χ3n) is 5.82. The molecule has 0 aromatic carbocycles. The molecule has 0 aliphatic carbocycles. The second-order valence-electron chi connectivity index (χ2n) is 7.39. The Bertz CT molecular complexity index is 360. The average molecular weight is 352 g/mol. The summed E-state index contributed by atoms with van der Waals surface area (Å²) in [7, 11) is 2.26. The molecule has 4 nitrogen and oxygen atoms in total. The van der Waals surface area contributed by atoms with E-state index in [0.717, 1.165) is 38.8 Å². The lowest BCUT2D eigenvalue weighted by Crippen LogP contribution is -2.58. The van der Waals surface area contributed by atoms with Gasteiger partial charge in [0.2, 0.25) is 5.91 Å². The maximum atomic E-state index is 12.6. The van der Waals surface area contributed by atoms with E-state index in [1.54, 1.807) is 0 Å². The first-order valence-corrected chi connectivity index (χ1v) is 8.32. The molecule has 3 saturated heterocycles. The van der Waals surface area contributed by atoms with E-state index in [-0.39, 0.29) is 36.1 Å². The summed E-state index contributed by atoms with van der Waals surface area (Å²) in [5, 5.41) is 6.74. The molecule has 0 aromatic rings. The molecule has 6 heteroatoms. The highest BCUT2D eigenvalue weighted by Crippen LogP contribution is 2.33. The van der Waals surface area contributed by atoms with Crippen LogP contribution in [0.1, 0.15) is 51.9 Å². The minimum atomic E-state index is -0.198. The smallest absolute Gasteiger partial charge is 0.227 e. The summed E-state index contributed by atoms with van der Waals surface area (Å²) in [6, 6.07) is 1.77. The fraction of sp³-hybridized carbons (Fsp3) is 0.938. The van der Waals surface area contributed by atoms with Crippen LogP contribution in [0.15, 0.2) is 0 Å². The van der Waals surface area contributed by atoms with Crippen molar-refractivity contribution >= 4 is 30.7 Å². The normalized spacial score (nSPS) is 38.4. The van der Waals surface area contributed by atoms with Crippen LogP contribution in [0.4, 0.5) is 0 Å². The molecule has 2 bridgehead atoms. The Labute approximate surface area is 147 Å². The molecule has 22 heavy (non-hydrogen) atoms. The molecule has 2 N–H and O–H groups in total. The molecule has 1 amide bonds. The summed E-state index contributed by atoms with van der Waals surface area (Å²) in [5.74, 6) is 0.275. The van der Waals surface area contributed by atoms with Gasteiger partial charge in [0.25, 0.3) is 0 Å². The lowest BCUT2D eigenvalue weighted by Gasteiger charge is -2.47. The Kier molecular flexibility index (Phi) is 7.44. The molecule has 0 spiro atoms. The minimum absolute atomic E-state index is 0. The van der Waals surface area contributed by atoms with Crippen LogP contribution >= 0.6 is 24.8 Å². The molecule has 3 aliphatic heterocycles. The van der Waals surface area contributed by atoms with Crippen molar-refractivity contribution in [3.8, 4) is 0 Å². The van der Waals surface area contributed by atoms with Gasteiger partial charge in [0.15, 0.2) is 0 Å². The number of piperidine rings is 3. The first-order valence-electron chi connectivity index (χ1n) is 8.32. The number of carbonyl (C=O) groups excluding carboxylic acids is 1. The summed E-state index contributed by atoms with van der Waals surface area (Å²) in [6.07, 6.45) is 8.39. The Morgan fingerprint density at radius 2 is 1.82 bits per heavy atom. The van der Waals surface area contributed by atoms with Gasteiger partial charge in [-0.2, -0.15) is 0 Å². The highest BCUT2D eigenvalue weighted by Gasteiger charge is 2.40. The predicted octanol–water partition coefficient (Wildman–Crippen LogP) is 2.35. The molecule has 130 valence electrons. The van der Waals surface area contributed by atoms with Crippen molar-refractivity contribution in [2.24, 2.45) is 5.41 Å². The fourth-order valence-electron chi connectivity index (χ4n) is 4.34. The van der Waals surface area contributed by atoms with Gasteiger partial charge < -0.3 is 15.5 Å². The summed E-state index contributed by atoms with van der Waals surface area (Å²) in [5.41, 5.74) is -0.198. The zero-order valence-corrected chi connectivity index (χ0v) is 15.4. The molecule has 3 fully saturated rings. The second kappa shape index (κ2) is 8.18. The van der Waals surface area contributed by atoms with E-state index in [2.05, 4.69) is 29.5 Å². The van der Waals surface area contributed by atoms with E-state index in [1.807, 2.05) is 0 Å². The average Bonchev–Trinajstić information content (AvgIpc) is 2.41. The topological polar surface area (TPSA) is 44.4 Å². The first kappa shape index (κ1) is 20.0. The molecular weight excluding hydrogens is 321 g/mol. The number of hydrogen-bond donors (Lipinski definition) is 2. The van der Waals surface area contributed by atoms with Gasteiger partial charge in [0, 0.05) is 24.7 Å². The molecule has 0 radical (unpaired) electrons. The monoisotopic (exact) mass is 351 g/mol. The molecule has 3 heterocycles. The number of rotatable bonds is 2. The Hall–Kier alpha value is -0.0300. The first-order chi connectivity index (χ1) is 9.58. The van der Waals surface area contributed by atoms with Gasteiger partial charge >= 0.3 is 0 Å². The van der Waals surface area contributed by atoms with Crippen LogP contribution in [0.2, 0.25) is 0 Å². The van der Waals surface area contributed by atoms with E-state index < -0.39 is 0 Å². The highest BCUT2D eigenvalue weighted by molar-refractivity contribution is 5.85. The van der Waals surface area contributed by atoms with Crippen molar-refractivity contribution in [1.29, 1.82) is 0 Å². The Morgan fingerprint density at radius 1 is 1.18 bits per heavy atom. The van der Waals surface area contributed by atoms with Gasteiger partial charge in [-0.3, -0.25) is 4.79 Å². The van der Waals surface area contributed by atoms with Crippen molar-refractivity contribution < 1.29 is 4.79 Å². The minimum Gasteiger partial charge on any atom is -0.353 e. The van der Waals surface area contributed by atoms with Crippen molar-refractivity contribution in [2.75, 3.05) is 20.1 Å². The van der Waals surface area contributed by atoms with E-state index in [9.17, 15) is 4.79 Å². The van der Waals surface area contributed by atoms with Crippen LogP contribution < -0.4 is 10.6 Å². The standard InChI is InChI=1S/C16H29N3O.2ClH/c1-16(7-4-8-17-11-16)15(20)18-12-9-13-5-3-6-14(10-12)19(13)2;;/h12-14,17H,3-11H2,1-2H3,(H,18,20);2*1H. The van der Waals surface area contributed by atoms with Gasteiger partial charge in [-0.05, 0) is 59.0 Å². The van der Waals surface area contributed by atoms with Gasteiger partial charge in [-0.15, -0.1) is 24.8 Å². The molecule has 3 unspecified atom stereocenters. The largest absolute Gasteiger partial charge is 0.353 e. The third kappa shape index (κ3) is 4.08. The summed E-state index contributed by atoms with van der Waals surface area (Å²) in [6.45, 7) is 4.00. The highest BCUT2D eigenvalue weighted by atomic mass is 35.5. The molecular formula is C16H31Cl2N3O. The maximum absolute atomic E-state index is 12.6. The summed E-state index contributed by atoms with van der Waals surface area (Å²) in [4.78, 5) is 15.2. The number of carbonyl (C=O) groups is 1. The zero-order chi connectivity index (χ0) is 14.2. The van der Waals surface area contributed by atoms with Gasteiger partial charge in [-0.25, -0.2) is 0 Å². The van der Waals surface area contributed by atoms with Gasteiger partial charge in [-0.1, -0.05) is 6.42 Å². The zero-order valence-electron chi connectivity index (χ0n) is 13.8. The lowest BCUT2D eigenvalue weighted by atomic mass is 9.79. The summed E-state index contributed by atoms with van der Waals surface area (Å²) >= 11 is 0. The number of nitrogens with zero attached hydrogens (tertiary/aromatic N) is 1. The van der Waals surface area contributed by atoms with E-state index in [4.69, 9.17) is 0 Å². The van der Waals surface area contributed by atoms with Crippen LogP contribution in [0, 0.1) is 5.41 Å². The van der Waals surface area contributed by atoms with E-state index >= 15 is 0 Å². The Balaban J connectivity index is 0.00000121. The Morgan fingerprint density at radius 3 is 2.36 bits per heavy atom. The van der Waals surface area contributed by atoms with Crippen molar-refractivity contribution in [2.45, 2.75) is 70.0 Å². The number of amides is 1. The van der Waals surface area contributed by atoms with Crippen LogP contribution in [0.3, 0.4) is 0 Å². The summed E-state index contributed by atoms with van der Waals surface area (Å²) < 4.78 is 0. The molecule has 0 saturated carbocycles. The SMILES string of the molecule is CN1C2CCCC1CC(NC(=O)C1(C)CCCNC1)C2.Cl.Cl. The number of halogens is 2.